The fraction of sp³-hybridized carbons (Fsp3) is 0.286. The SMILES string of the molecule is Cc1cccc(Nc2cccc(C3CCCN3Cc3cccnc3)n2)n1. The molecule has 0 radical (unpaired) electrons. The zero-order valence-electron chi connectivity index (χ0n) is 15.0. The highest BCUT2D eigenvalue weighted by molar-refractivity contribution is 5.51. The van der Waals surface area contributed by atoms with E-state index in [9.17, 15) is 0 Å². The molecule has 3 aromatic rings. The number of aryl methyl sites for hydroxylation is 1. The zero-order chi connectivity index (χ0) is 17.8. The monoisotopic (exact) mass is 345 g/mol. The third kappa shape index (κ3) is 3.89. The molecule has 4 heterocycles. The lowest BCUT2D eigenvalue weighted by Crippen LogP contribution is -2.23. The number of nitrogens with zero attached hydrogens (tertiary/aromatic N) is 4. The maximum atomic E-state index is 4.86. The van der Waals surface area contributed by atoms with Crippen molar-refractivity contribution >= 4 is 11.6 Å². The van der Waals surface area contributed by atoms with E-state index in [4.69, 9.17) is 4.98 Å². The summed E-state index contributed by atoms with van der Waals surface area (Å²) in [6.45, 7) is 4.00. The van der Waals surface area contributed by atoms with Crippen LogP contribution in [0.25, 0.3) is 0 Å². The lowest BCUT2D eigenvalue weighted by atomic mass is 10.1. The first-order valence-corrected chi connectivity index (χ1v) is 9.08. The maximum absolute atomic E-state index is 4.86. The van der Waals surface area contributed by atoms with E-state index in [0.717, 1.165) is 42.5 Å². The topological polar surface area (TPSA) is 53.9 Å². The summed E-state index contributed by atoms with van der Waals surface area (Å²) in [5, 5.41) is 3.32. The van der Waals surface area contributed by atoms with E-state index in [2.05, 4.69) is 38.4 Å². The number of likely N-dealkylation sites (tertiary alicyclic amines) is 1. The van der Waals surface area contributed by atoms with E-state index in [1.807, 2.05) is 49.6 Å². The fourth-order valence-corrected chi connectivity index (χ4v) is 3.53. The summed E-state index contributed by atoms with van der Waals surface area (Å²) in [6, 6.07) is 16.6. The predicted octanol–water partition coefficient (Wildman–Crippen LogP) is 4.26. The minimum Gasteiger partial charge on any atom is -0.325 e. The molecule has 1 atom stereocenters. The highest BCUT2D eigenvalue weighted by Gasteiger charge is 2.27. The summed E-state index contributed by atoms with van der Waals surface area (Å²) in [5.41, 5.74) is 3.35. The Hall–Kier alpha value is -2.79. The molecule has 26 heavy (non-hydrogen) atoms. The van der Waals surface area contributed by atoms with Crippen LogP contribution in [-0.4, -0.2) is 26.4 Å². The molecule has 1 saturated heterocycles. The Morgan fingerprint density at radius 2 is 1.88 bits per heavy atom. The van der Waals surface area contributed by atoms with Crippen LogP contribution in [0.2, 0.25) is 0 Å². The van der Waals surface area contributed by atoms with Gasteiger partial charge in [0.2, 0.25) is 0 Å². The second-order valence-electron chi connectivity index (χ2n) is 6.73. The van der Waals surface area contributed by atoms with Gasteiger partial charge in [-0.3, -0.25) is 9.88 Å². The highest BCUT2D eigenvalue weighted by atomic mass is 15.2. The minimum absolute atomic E-state index is 0.349. The van der Waals surface area contributed by atoms with Gasteiger partial charge >= 0.3 is 0 Å². The molecule has 0 aliphatic carbocycles. The summed E-state index contributed by atoms with van der Waals surface area (Å²) >= 11 is 0. The van der Waals surface area contributed by atoms with Gasteiger partial charge in [-0.05, 0) is 62.2 Å². The molecule has 0 amide bonds. The van der Waals surface area contributed by atoms with Crippen molar-refractivity contribution in [3.63, 3.8) is 0 Å². The van der Waals surface area contributed by atoms with Crippen LogP contribution in [0, 0.1) is 6.92 Å². The van der Waals surface area contributed by atoms with Crippen molar-refractivity contribution in [2.75, 3.05) is 11.9 Å². The average Bonchev–Trinajstić information content (AvgIpc) is 3.11. The van der Waals surface area contributed by atoms with Gasteiger partial charge < -0.3 is 5.32 Å². The maximum Gasteiger partial charge on any atom is 0.131 e. The van der Waals surface area contributed by atoms with Crippen molar-refractivity contribution in [1.29, 1.82) is 0 Å². The molecule has 5 nitrogen and oxygen atoms in total. The Kier molecular flexibility index (Phi) is 4.88. The van der Waals surface area contributed by atoms with Gasteiger partial charge in [-0.15, -0.1) is 0 Å². The van der Waals surface area contributed by atoms with Crippen LogP contribution < -0.4 is 5.32 Å². The van der Waals surface area contributed by atoms with E-state index in [1.165, 1.54) is 12.0 Å². The highest BCUT2D eigenvalue weighted by Crippen LogP contribution is 2.32. The number of hydrogen-bond donors (Lipinski definition) is 1. The molecule has 1 N–H and O–H groups in total. The average molecular weight is 345 g/mol. The van der Waals surface area contributed by atoms with Crippen LogP contribution in [0.5, 0.6) is 0 Å². The van der Waals surface area contributed by atoms with E-state index in [-0.39, 0.29) is 0 Å². The molecule has 0 aromatic carbocycles. The van der Waals surface area contributed by atoms with Crippen molar-refractivity contribution < 1.29 is 0 Å². The number of nitrogens with one attached hydrogen (secondary N) is 1. The van der Waals surface area contributed by atoms with Crippen molar-refractivity contribution in [3.8, 4) is 0 Å². The number of aromatic nitrogens is 3. The van der Waals surface area contributed by atoms with Crippen molar-refractivity contribution in [3.05, 3.63) is 77.9 Å². The van der Waals surface area contributed by atoms with Crippen LogP contribution in [0.3, 0.4) is 0 Å². The lowest BCUT2D eigenvalue weighted by Gasteiger charge is -2.24. The molecule has 132 valence electrons. The van der Waals surface area contributed by atoms with Crippen molar-refractivity contribution in [2.45, 2.75) is 32.4 Å². The first-order valence-electron chi connectivity index (χ1n) is 9.08. The second kappa shape index (κ2) is 7.62. The molecule has 1 aliphatic heterocycles. The third-order valence-electron chi connectivity index (χ3n) is 4.73. The zero-order valence-corrected chi connectivity index (χ0v) is 15.0. The van der Waals surface area contributed by atoms with Gasteiger partial charge in [-0.1, -0.05) is 18.2 Å². The Morgan fingerprint density at radius 1 is 1.04 bits per heavy atom. The van der Waals surface area contributed by atoms with Crippen LogP contribution in [0.15, 0.2) is 60.9 Å². The normalized spacial score (nSPS) is 17.3. The van der Waals surface area contributed by atoms with Gasteiger partial charge in [0.15, 0.2) is 0 Å². The second-order valence-corrected chi connectivity index (χ2v) is 6.73. The summed E-state index contributed by atoms with van der Waals surface area (Å²) in [4.78, 5) is 16.1. The summed E-state index contributed by atoms with van der Waals surface area (Å²) in [7, 11) is 0. The van der Waals surface area contributed by atoms with E-state index in [0.29, 0.717) is 6.04 Å². The van der Waals surface area contributed by atoms with E-state index < -0.39 is 0 Å². The molecule has 5 heteroatoms. The number of hydrogen-bond acceptors (Lipinski definition) is 5. The number of pyridine rings is 3. The van der Waals surface area contributed by atoms with Crippen LogP contribution in [-0.2, 0) is 6.54 Å². The summed E-state index contributed by atoms with van der Waals surface area (Å²) in [6.07, 6.45) is 6.11. The minimum atomic E-state index is 0.349. The summed E-state index contributed by atoms with van der Waals surface area (Å²) in [5.74, 6) is 1.67. The Labute approximate surface area is 154 Å². The standard InChI is InChI=1S/C21H23N5/c1-16-6-2-10-20(23-16)25-21-11-3-8-18(24-21)19-9-5-13-26(19)15-17-7-4-12-22-14-17/h2-4,6-8,10-12,14,19H,5,9,13,15H2,1H3,(H,23,24,25). The molecule has 4 rings (SSSR count). The van der Waals surface area contributed by atoms with E-state index in [1.54, 1.807) is 0 Å². The van der Waals surface area contributed by atoms with Gasteiger partial charge in [0.25, 0.3) is 0 Å². The van der Waals surface area contributed by atoms with Gasteiger partial charge in [-0.2, -0.15) is 0 Å². The third-order valence-corrected chi connectivity index (χ3v) is 4.73. The largest absolute Gasteiger partial charge is 0.325 e. The molecule has 1 fully saturated rings. The number of rotatable bonds is 5. The first-order chi connectivity index (χ1) is 12.8. The lowest BCUT2D eigenvalue weighted by molar-refractivity contribution is 0.244. The molecule has 1 unspecified atom stereocenters. The van der Waals surface area contributed by atoms with E-state index >= 15 is 0 Å². The molecule has 0 spiro atoms. The van der Waals surface area contributed by atoms with Crippen LogP contribution >= 0.6 is 0 Å². The Morgan fingerprint density at radius 3 is 2.69 bits per heavy atom. The van der Waals surface area contributed by atoms with Crippen LogP contribution in [0.4, 0.5) is 11.6 Å². The quantitative estimate of drug-likeness (QED) is 0.749. The number of anilines is 2. The molecule has 1 aliphatic rings. The van der Waals surface area contributed by atoms with Crippen molar-refractivity contribution in [1.82, 2.24) is 19.9 Å². The molecule has 0 bridgehead atoms. The molecular formula is C21H23N5. The smallest absolute Gasteiger partial charge is 0.131 e. The molecular weight excluding hydrogens is 322 g/mol. The fourth-order valence-electron chi connectivity index (χ4n) is 3.53. The van der Waals surface area contributed by atoms with Gasteiger partial charge in [-0.25, -0.2) is 9.97 Å². The van der Waals surface area contributed by atoms with Gasteiger partial charge in [0.05, 0.1) is 11.7 Å². The Bertz CT molecular complexity index is 865. The predicted molar refractivity (Wildman–Crippen MR) is 103 cm³/mol. The van der Waals surface area contributed by atoms with Crippen molar-refractivity contribution in [2.24, 2.45) is 0 Å². The first kappa shape index (κ1) is 16.7. The summed E-state index contributed by atoms with van der Waals surface area (Å²) < 4.78 is 0. The van der Waals surface area contributed by atoms with Gasteiger partial charge in [0.1, 0.15) is 11.6 Å². The molecule has 3 aromatic heterocycles. The van der Waals surface area contributed by atoms with Crippen LogP contribution in [0.1, 0.15) is 35.8 Å². The molecule has 0 saturated carbocycles. The van der Waals surface area contributed by atoms with Gasteiger partial charge in [0, 0.05) is 24.6 Å². The Balaban J connectivity index is 1.51.